The zero-order valence-electron chi connectivity index (χ0n) is 9.48. The Labute approximate surface area is 148 Å². The van der Waals surface area contributed by atoms with Crippen LogP contribution in [0, 0.1) is 0 Å². The van der Waals surface area contributed by atoms with E-state index in [1.54, 1.807) is 0 Å². The van der Waals surface area contributed by atoms with Crippen LogP contribution in [-0.2, 0) is 0 Å². The molecule has 0 bridgehead atoms. The zero-order valence-corrected chi connectivity index (χ0v) is 15.5. The summed E-state index contributed by atoms with van der Waals surface area (Å²) in [5.41, 5.74) is 0. The van der Waals surface area contributed by atoms with Crippen molar-refractivity contribution in [3.8, 4) is 0 Å². The summed E-state index contributed by atoms with van der Waals surface area (Å²) in [7, 11) is 0. The first-order valence-electron chi connectivity index (χ1n) is 5.32. The van der Waals surface area contributed by atoms with Crippen LogP contribution in [0.1, 0.15) is 13.3 Å². The highest BCUT2D eigenvalue weighted by Crippen LogP contribution is 2.33. The van der Waals surface area contributed by atoms with E-state index in [-0.39, 0.29) is 11.3 Å². The molecule has 0 saturated carbocycles. The molecule has 0 aliphatic carbocycles. The Hall–Kier alpha value is 2.32. The van der Waals surface area contributed by atoms with Gasteiger partial charge in [0, 0.05) is 5.88 Å². The molecule has 0 spiro atoms. The molecular formula is C10H14Cl8. The summed E-state index contributed by atoms with van der Waals surface area (Å²) in [5.74, 6) is 0.174. The summed E-state index contributed by atoms with van der Waals surface area (Å²) in [5, 5.41) is -3.81. The normalized spacial score (nSPS) is 23.8. The lowest BCUT2D eigenvalue weighted by Gasteiger charge is -2.30. The van der Waals surface area contributed by atoms with Gasteiger partial charge < -0.3 is 0 Å². The van der Waals surface area contributed by atoms with E-state index in [4.69, 9.17) is 92.8 Å². The molecule has 0 radical (unpaired) electrons. The maximum absolute atomic E-state index is 6.18. The Bertz CT molecular complexity index is 204. The maximum Gasteiger partial charge on any atom is 0.0693 e. The lowest BCUT2D eigenvalue weighted by Crippen LogP contribution is -2.42. The van der Waals surface area contributed by atoms with Gasteiger partial charge in [0.2, 0.25) is 0 Å². The Morgan fingerprint density at radius 3 is 1.28 bits per heavy atom. The quantitative estimate of drug-likeness (QED) is 0.432. The largest absolute Gasteiger partial charge is 0.125 e. The molecule has 18 heavy (non-hydrogen) atoms. The van der Waals surface area contributed by atoms with E-state index in [9.17, 15) is 0 Å². The maximum atomic E-state index is 6.18. The minimum Gasteiger partial charge on any atom is -0.125 e. The molecule has 0 amide bonds. The summed E-state index contributed by atoms with van der Waals surface area (Å²) < 4.78 is 0. The second-order valence-corrected chi connectivity index (χ2v) is 7.77. The molecule has 0 fully saturated rings. The van der Waals surface area contributed by atoms with Crippen molar-refractivity contribution >= 4 is 92.8 Å². The van der Waals surface area contributed by atoms with Gasteiger partial charge in [0.25, 0.3) is 0 Å². The summed E-state index contributed by atoms with van der Waals surface area (Å²) in [6, 6.07) is 0. The Kier molecular flexibility index (Phi) is 11.4. The topological polar surface area (TPSA) is 0 Å². The second-order valence-electron chi connectivity index (χ2n) is 3.82. The van der Waals surface area contributed by atoms with E-state index in [0.29, 0.717) is 6.42 Å². The third-order valence-electron chi connectivity index (χ3n) is 2.45. The van der Waals surface area contributed by atoms with Crippen LogP contribution >= 0.6 is 92.8 Å². The fourth-order valence-electron chi connectivity index (χ4n) is 1.24. The molecule has 0 saturated heterocycles. The smallest absolute Gasteiger partial charge is 0.0693 e. The zero-order chi connectivity index (χ0) is 14.5. The van der Waals surface area contributed by atoms with Crippen molar-refractivity contribution in [3.05, 3.63) is 0 Å². The van der Waals surface area contributed by atoms with E-state index in [0.717, 1.165) is 0 Å². The van der Waals surface area contributed by atoms with Gasteiger partial charge in [0.15, 0.2) is 0 Å². The molecule has 0 aromatic carbocycles. The summed E-state index contributed by atoms with van der Waals surface area (Å²) in [6.45, 7) is 1.91. The molecular weight excluding hydrogens is 404 g/mol. The number of hydrogen-bond donors (Lipinski definition) is 0. The highest BCUT2D eigenvalue weighted by Gasteiger charge is 2.38. The van der Waals surface area contributed by atoms with Crippen molar-refractivity contribution in [3.63, 3.8) is 0 Å². The average molecular weight is 418 g/mol. The van der Waals surface area contributed by atoms with Crippen LogP contribution in [0.3, 0.4) is 0 Å². The van der Waals surface area contributed by atoms with Crippen LogP contribution in [0.15, 0.2) is 0 Å². The van der Waals surface area contributed by atoms with Crippen molar-refractivity contribution in [1.82, 2.24) is 0 Å². The molecule has 8 heteroatoms. The summed E-state index contributed by atoms with van der Waals surface area (Å²) >= 11 is 48.3. The van der Waals surface area contributed by atoms with E-state index in [1.807, 2.05) is 6.92 Å². The number of alkyl halides is 8. The number of halogens is 8. The van der Waals surface area contributed by atoms with Gasteiger partial charge in [-0.05, 0) is 6.42 Å². The van der Waals surface area contributed by atoms with E-state index >= 15 is 0 Å². The van der Waals surface area contributed by atoms with Crippen LogP contribution < -0.4 is 0 Å². The van der Waals surface area contributed by atoms with Gasteiger partial charge in [-0.1, -0.05) is 6.92 Å². The minimum atomic E-state index is -0.657. The van der Waals surface area contributed by atoms with Crippen LogP contribution in [0.25, 0.3) is 0 Å². The van der Waals surface area contributed by atoms with E-state index in [2.05, 4.69) is 0 Å². The molecule has 110 valence electrons. The van der Waals surface area contributed by atoms with Crippen molar-refractivity contribution in [2.75, 3.05) is 5.88 Å². The van der Waals surface area contributed by atoms with Crippen molar-refractivity contribution < 1.29 is 0 Å². The molecule has 0 aromatic heterocycles. The monoisotopic (exact) mass is 414 g/mol. The molecule has 0 N–H and O–H groups in total. The molecule has 0 heterocycles. The first-order valence-corrected chi connectivity index (χ1v) is 8.91. The van der Waals surface area contributed by atoms with E-state index in [1.165, 1.54) is 0 Å². The molecule has 7 unspecified atom stereocenters. The van der Waals surface area contributed by atoms with Gasteiger partial charge in [-0.25, -0.2) is 0 Å². The fourth-order valence-corrected chi connectivity index (χ4v) is 3.76. The lowest BCUT2D eigenvalue weighted by atomic mass is 10.1. The predicted molar refractivity (Wildman–Crippen MR) is 88.5 cm³/mol. The van der Waals surface area contributed by atoms with Gasteiger partial charge in [-0.3, -0.25) is 0 Å². The number of rotatable bonds is 8. The van der Waals surface area contributed by atoms with Gasteiger partial charge in [0.05, 0.1) is 37.6 Å². The average Bonchev–Trinajstić information content (AvgIpc) is 2.40. The molecule has 0 nitrogen and oxygen atoms in total. The fraction of sp³-hybridized carbons (Fsp3) is 1.00. The Morgan fingerprint density at radius 2 is 0.944 bits per heavy atom. The van der Waals surface area contributed by atoms with Crippen LogP contribution in [-0.4, -0.2) is 43.5 Å². The Balaban J connectivity index is 4.57. The third kappa shape index (κ3) is 5.98. The Morgan fingerprint density at radius 1 is 0.611 bits per heavy atom. The van der Waals surface area contributed by atoms with Gasteiger partial charge in [-0.15, -0.1) is 92.8 Å². The molecule has 0 aliphatic heterocycles. The predicted octanol–water partition coefficient (Wildman–Crippen LogP) is 5.89. The molecule has 0 aromatic rings. The highest BCUT2D eigenvalue weighted by molar-refractivity contribution is 6.42. The van der Waals surface area contributed by atoms with Crippen molar-refractivity contribution in [2.45, 2.75) is 51.0 Å². The van der Waals surface area contributed by atoms with Crippen molar-refractivity contribution in [2.24, 2.45) is 0 Å². The molecule has 0 rings (SSSR count). The summed E-state index contributed by atoms with van der Waals surface area (Å²) in [4.78, 5) is 0. The van der Waals surface area contributed by atoms with Gasteiger partial charge >= 0.3 is 0 Å². The first-order chi connectivity index (χ1) is 8.27. The third-order valence-corrected chi connectivity index (χ3v) is 7.50. The molecule has 7 atom stereocenters. The second kappa shape index (κ2) is 10.1. The first kappa shape index (κ1) is 20.3. The minimum absolute atomic E-state index is 0.174. The van der Waals surface area contributed by atoms with Crippen LogP contribution in [0.2, 0.25) is 0 Å². The van der Waals surface area contributed by atoms with E-state index < -0.39 is 32.3 Å². The van der Waals surface area contributed by atoms with Gasteiger partial charge in [-0.2, -0.15) is 0 Å². The number of hydrogen-bond acceptors (Lipinski definition) is 0. The highest BCUT2D eigenvalue weighted by atomic mass is 35.5. The SMILES string of the molecule is CCC(Cl)C(Cl)C(Cl)C(Cl)C(Cl)C(Cl)C(Cl)CCl. The van der Waals surface area contributed by atoms with Crippen LogP contribution in [0.5, 0.6) is 0 Å². The molecule has 0 aliphatic rings. The standard InChI is InChI=1S/C10H14Cl8/c1-2-4(12)6(14)8(16)10(18)9(17)7(15)5(13)3-11/h4-10H,2-3H2,1H3. The van der Waals surface area contributed by atoms with Gasteiger partial charge in [0.1, 0.15) is 0 Å². The van der Waals surface area contributed by atoms with Crippen molar-refractivity contribution in [1.29, 1.82) is 0 Å². The lowest BCUT2D eigenvalue weighted by molar-refractivity contribution is 0.620. The summed E-state index contributed by atoms with van der Waals surface area (Å²) in [6.07, 6.45) is 0.680. The van der Waals surface area contributed by atoms with Crippen LogP contribution in [0.4, 0.5) is 0 Å².